The van der Waals surface area contributed by atoms with Crippen molar-refractivity contribution in [3.63, 3.8) is 0 Å². The van der Waals surface area contributed by atoms with Gasteiger partial charge < -0.3 is 0 Å². The van der Waals surface area contributed by atoms with Gasteiger partial charge in [0.1, 0.15) is 0 Å². The molecule has 0 aliphatic heterocycles. The minimum atomic E-state index is -4.67. The average Bonchev–Trinajstić information content (AvgIpc) is 1.79. The third-order valence-electron chi connectivity index (χ3n) is 0.500. The zero-order valence-corrected chi connectivity index (χ0v) is 11.8. The van der Waals surface area contributed by atoms with Crippen molar-refractivity contribution in [2.45, 2.75) is 26.7 Å². The predicted molar refractivity (Wildman–Crippen MR) is 48.9 cm³/mol. The maximum absolute atomic E-state index is 8.74. The Kier molecular flexibility index (Phi) is 29.7. The third-order valence-corrected chi connectivity index (χ3v) is 0.500. The van der Waals surface area contributed by atoms with Gasteiger partial charge in [-0.05, 0) is 0 Å². The molecule has 2 radical (unpaired) electrons. The monoisotopic (exact) mass is 380 g/mol. The van der Waals surface area contributed by atoms with Gasteiger partial charge in [0, 0.05) is 34.1 Å². The number of hydrogen-bond donors (Lipinski definition) is 4. The summed E-state index contributed by atoms with van der Waals surface area (Å²) in [6, 6.07) is 0. The van der Waals surface area contributed by atoms with E-state index in [4.69, 9.17) is 35.0 Å². The van der Waals surface area contributed by atoms with Crippen LogP contribution in [0.3, 0.4) is 0 Å². The van der Waals surface area contributed by atoms with Crippen molar-refractivity contribution in [2.75, 3.05) is 0 Å². The third kappa shape index (κ3) is 887. The summed E-state index contributed by atoms with van der Waals surface area (Å²) in [6.07, 6.45) is 2.64. The quantitative estimate of drug-likeness (QED) is 0.379. The van der Waals surface area contributed by atoms with Crippen LogP contribution in [0.5, 0.6) is 0 Å². The van der Waals surface area contributed by atoms with Gasteiger partial charge in [-0.1, -0.05) is 26.7 Å². The Hall–Kier alpha value is 0.779. The summed E-state index contributed by atoms with van der Waals surface area (Å²) in [7, 11) is -9.33. The van der Waals surface area contributed by atoms with E-state index in [1.165, 1.54) is 12.8 Å². The van der Waals surface area contributed by atoms with E-state index in [-0.39, 0.29) is 34.1 Å². The average molecular weight is 381 g/mol. The van der Waals surface area contributed by atoms with Gasteiger partial charge in [-0.25, -0.2) is 0 Å². The van der Waals surface area contributed by atoms with Gasteiger partial charge in [0.15, 0.2) is 0 Å². The fourth-order valence-electron chi connectivity index (χ4n) is 0. The van der Waals surface area contributed by atoms with Crippen LogP contribution in [-0.4, -0.2) is 35.0 Å². The van der Waals surface area contributed by atoms with E-state index in [0.717, 1.165) is 0 Å². The summed E-state index contributed by atoms with van der Waals surface area (Å²) in [5, 5.41) is 0. The molecule has 0 aliphatic carbocycles. The molecular weight excluding hydrogens is 367 g/mol. The minimum Gasteiger partial charge on any atom is -0.264 e. The Morgan fingerprint density at radius 1 is 0.688 bits per heavy atom. The van der Waals surface area contributed by atoms with E-state index in [1.54, 1.807) is 0 Å². The summed E-state index contributed by atoms with van der Waals surface area (Å²) in [5.41, 5.74) is 0. The van der Waals surface area contributed by atoms with Gasteiger partial charge in [-0.15, -0.1) is 0 Å². The Balaban J connectivity index is -0.0000000358. The Bertz CT molecular complexity index is 248. The molecule has 0 aromatic heterocycles. The topological polar surface area (TPSA) is 149 Å². The molecule has 0 spiro atoms. The second-order valence-electron chi connectivity index (χ2n) is 1.90. The first-order valence-corrected chi connectivity index (χ1v) is 6.11. The van der Waals surface area contributed by atoms with Crippen LogP contribution in [-0.2, 0) is 54.9 Å². The van der Waals surface area contributed by atoms with Crippen molar-refractivity contribution in [3.05, 3.63) is 0 Å². The van der Waals surface area contributed by atoms with Gasteiger partial charge in [0.2, 0.25) is 0 Å². The first-order chi connectivity index (χ1) is 5.91. The molecule has 0 aromatic carbocycles. The fraction of sp³-hybridized carbons (Fsp3) is 1.00. The molecule has 0 saturated carbocycles. The SMILES string of the molecule is CCCC.O=S(=O)(O)O.O=S(=O)(O)O.[Cu].[Cu]. The van der Waals surface area contributed by atoms with Gasteiger partial charge in [-0.2, -0.15) is 16.8 Å². The molecule has 0 atom stereocenters. The zero-order valence-electron chi connectivity index (χ0n) is 8.26. The Morgan fingerprint density at radius 3 is 0.750 bits per heavy atom. The van der Waals surface area contributed by atoms with Crippen molar-refractivity contribution in [3.8, 4) is 0 Å². The summed E-state index contributed by atoms with van der Waals surface area (Å²) < 4.78 is 63.2. The molecule has 112 valence electrons. The van der Waals surface area contributed by atoms with Crippen molar-refractivity contribution >= 4 is 20.8 Å². The molecule has 0 aromatic rings. The van der Waals surface area contributed by atoms with Crippen LogP contribution in [0.25, 0.3) is 0 Å². The van der Waals surface area contributed by atoms with Crippen LogP contribution >= 0.6 is 0 Å². The van der Waals surface area contributed by atoms with Gasteiger partial charge in [0.05, 0.1) is 0 Å². The molecular formula is C4H14Cu2O8S2. The standard InChI is InChI=1S/C4H10.2Cu.2H2O4S/c1-3-4-2;;;2*1-5(2,3)4/h3-4H2,1-2H3;;;2*(H2,1,2,3,4). The normalized spacial score (nSPS) is 9.12. The maximum atomic E-state index is 8.74. The number of rotatable bonds is 1. The Labute approximate surface area is 116 Å². The zero-order chi connectivity index (χ0) is 12.4. The van der Waals surface area contributed by atoms with Gasteiger partial charge in [0.25, 0.3) is 0 Å². The van der Waals surface area contributed by atoms with Crippen molar-refractivity contribution in [2.24, 2.45) is 0 Å². The molecule has 16 heavy (non-hydrogen) atoms. The maximum Gasteiger partial charge on any atom is 0.394 e. The van der Waals surface area contributed by atoms with Gasteiger partial charge >= 0.3 is 20.8 Å². The van der Waals surface area contributed by atoms with Gasteiger partial charge in [-0.3, -0.25) is 18.2 Å². The minimum absolute atomic E-state index is 0. The second-order valence-corrected chi connectivity index (χ2v) is 3.69. The summed E-state index contributed by atoms with van der Waals surface area (Å²) in [5.74, 6) is 0. The fourth-order valence-corrected chi connectivity index (χ4v) is 0. The van der Waals surface area contributed by atoms with E-state index in [9.17, 15) is 0 Å². The van der Waals surface area contributed by atoms with E-state index >= 15 is 0 Å². The van der Waals surface area contributed by atoms with Crippen molar-refractivity contribution < 1.29 is 69.2 Å². The summed E-state index contributed by atoms with van der Waals surface area (Å²) in [4.78, 5) is 0. The second kappa shape index (κ2) is 15.8. The van der Waals surface area contributed by atoms with E-state index in [0.29, 0.717) is 0 Å². The van der Waals surface area contributed by atoms with E-state index in [1.807, 2.05) is 0 Å². The number of hydrogen-bond acceptors (Lipinski definition) is 4. The van der Waals surface area contributed by atoms with Crippen LogP contribution in [0.1, 0.15) is 26.7 Å². The van der Waals surface area contributed by atoms with Crippen LogP contribution < -0.4 is 0 Å². The Morgan fingerprint density at radius 2 is 0.750 bits per heavy atom. The van der Waals surface area contributed by atoms with Crippen LogP contribution in [0.2, 0.25) is 0 Å². The van der Waals surface area contributed by atoms with Crippen LogP contribution in [0.4, 0.5) is 0 Å². The number of unbranched alkanes of at least 4 members (excludes halogenated alkanes) is 1. The molecule has 8 nitrogen and oxygen atoms in total. The predicted octanol–water partition coefficient (Wildman–Crippen LogP) is 0.496. The molecule has 0 fully saturated rings. The smallest absolute Gasteiger partial charge is 0.264 e. The van der Waals surface area contributed by atoms with Crippen LogP contribution in [0, 0.1) is 0 Å². The van der Waals surface area contributed by atoms with Crippen molar-refractivity contribution in [1.82, 2.24) is 0 Å². The first-order valence-electron chi connectivity index (χ1n) is 3.31. The molecule has 12 heteroatoms. The van der Waals surface area contributed by atoms with E-state index < -0.39 is 20.8 Å². The molecule has 4 N–H and O–H groups in total. The van der Waals surface area contributed by atoms with Crippen molar-refractivity contribution in [1.29, 1.82) is 0 Å². The molecule has 0 aliphatic rings. The molecule has 0 unspecified atom stereocenters. The molecule has 0 heterocycles. The van der Waals surface area contributed by atoms with Crippen LogP contribution in [0.15, 0.2) is 0 Å². The molecule has 0 bridgehead atoms. The first kappa shape index (κ1) is 30.1. The molecule has 0 saturated heterocycles. The summed E-state index contributed by atoms with van der Waals surface area (Å²) in [6.45, 7) is 4.36. The molecule has 0 rings (SSSR count). The summed E-state index contributed by atoms with van der Waals surface area (Å²) >= 11 is 0. The van der Waals surface area contributed by atoms with E-state index in [2.05, 4.69) is 13.8 Å². The molecule has 0 amide bonds. The largest absolute Gasteiger partial charge is 0.394 e.